The van der Waals surface area contributed by atoms with Crippen LogP contribution in [-0.2, 0) is 0 Å². The van der Waals surface area contributed by atoms with Crippen molar-refractivity contribution in [3.8, 4) is 0 Å². The van der Waals surface area contributed by atoms with Gasteiger partial charge in [0.2, 0.25) is 5.91 Å². The van der Waals surface area contributed by atoms with E-state index in [1.54, 1.807) is 12.1 Å². The van der Waals surface area contributed by atoms with Gasteiger partial charge in [0.05, 0.1) is 0 Å². The molecule has 0 spiro atoms. The minimum Gasteiger partial charge on any atom is -0.287 e. The van der Waals surface area contributed by atoms with E-state index >= 15 is 0 Å². The molecule has 5 heteroatoms. The molecule has 1 rings (SSSR count). The van der Waals surface area contributed by atoms with Crippen LogP contribution in [0.1, 0.15) is 15.9 Å². The number of carbonyl (C=O) groups excluding carboxylic acids is 1. The minimum atomic E-state index is -0.532. The van der Waals surface area contributed by atoms with E-state index in [9.17, 15) is 4.79 Å². The first-order valence-corrected chi connectivity index (χ1v) is 4.59. The summed E-state index contributed by atoms with van der Waals surface area (Å²) in [7, 11) is 0. The molecule has 0 saturated heterocycles. The van der Waals surface area contributed by atoms with Gasteiger partial charge in [-0.15, -0.1) is 0 Å². The first kappa shape index (κ1) is 10.0. The number of hydrogen-bond donors (Lipinski definition) is 0. The standard InChI is InChI=1S/C8H6IN3O/c1-5-3-2-4-6(7(5)9)8(13)11-12-10/h2-4H,1H3. The zero-order valence-corrected chi connectivity index (χ0v) is 9.02. The van der Waals surface area contributed by atoms with E-state index in [4.69, 9.17) is 5.53 Å². The van der Waals surface area contributed by atoms with Gasteiger partial charge in [-0.25, -0.2) is 0 Å². The summed E-state index contributed by atoms with van der Waals surface area (Å²) < 4.78 is 0.831. The lowest BCUT2D eigenvalue weighted by molar-refractivity contribution is 0.0999. The molecule has 0 unspecified atom stereocenters. The van der Waals surface area contributed by atoms with E-state index in [1.165, 1.54) is 0 Å². The predicted octanol–water partition coefficient (Wildman–Crippen LogP) is 3.05. The monoisotopic (exact) mass is 287 g/mol. The molecule has 0 fully saturated rings. The highest BCUT2D eigenvalue weighted by molar-refractivity contribution is 14.1. The highest BCUT2D eigenvalue weighted by Gasteiger charge is 2.08. The number of hydrogen-bond acceptors (Lipinski definition) is 1. The summed E-state index contributed by atoms with van der Waals surface area (Å²) >= 11 is 2.06. The van der Waals surface area contributed by atoms with Crippen LogP contribution < -0.4 is 0 Å². The maximum Gasteiger partial charge on any atom is 0.250 e. The van der Waals surface area contributed by atoms with E-state index in [1.807, 2.05) is 13.0 Å². The lowest BCUT2D eigenvalue weighted by atomic mass is 10.1. The normalized spacial score (nSPS) is 9.08. The first-order chi connectivity index (χ1) is 6.16. The second-order valence-corrected chi connectivity index (χ2v) is 3.51. The van der Waals surface area contributed by atoms with Gasteiger partial charge in [0.15, 0.2) is 0 Å². The lowest BCUT2D eigenvalue weighted by Gasteiger charge is -2.01. The molecule has 0 N–H and O–H groups in total. The maximum absolute atomic E-state index is 11.2. The van der Waals surface area contributed by atoms with Crippen molar-refractivity contribution >= 4 is 28.5 Å². The van der Waals surface area contributed by atoms with Gasteiger partial charge >= 0.3 is 0 Å². The molecule has 1 aromatic rings. The van der Waals surface area contributed by atoms with Crippen LogP contribution in [0, 0.1) is 10.5 Å². The third kappa shape index (κ3) is 2.19. The molecule has 1 amide bonds. The molecule has 1 aromatic carbocycles. The second-order valence-electron chi connectivity index (χ2n) is 2.43. The van der Waals surface area contributed by atoms with Gasteiger partial charge in [-0.1, -0.05) is 18.2 Å². The first-order valence-electron chi connectivity index (χ1n) is 3.51. The van der Waals surface area contributed by atoms with E-state index in [0.29, 0.717) is 5.56 Å². The van der Waals surface area contributed by atoms with E-state index in [2.05, 4.69) is 32.6 Å². The molecule has 0 bridgehead atoms. The average molecular weight is 287 g/mol. The third-order valence-electron chi connectivity index (χ3n) is 1.56. The topological polar surface area (TPSA) is 65.8 Å². The van der Waals surface area contributed by atoms with Gasteiger partial charge in [0.1, 0.15) is 0 Å². The Morgan fingerprint density at radius 2 is 2.31 bits per heavy atom. The van der Waals surface area contributed by atoms with Crippen LogP contribution in [0.25, 0.3) is 10.4 Å². The van der Waals surface area contributed by atoms with Crippen molar-refractivity contribution in [2.45, 2.75) is 6.92 Å². The Hall–Kier alpha value is -1.07. The number of halogens is 1. The van der Waals surface area contributed by atoms with Crippen molar-refractivity contribution in [2.75, 3.05) is 0 Å². The van der Waals surface area contributed by atoms with Gasteiger partial charge in [0, 0.05) is 14.0 Å². The van der Waals surface area contributed by atoms with Gasteiger partial charge in [-0.2, -0.15) is 0 Å². The summed E-state index contributed by atoms with van der Waals surface area (Å²) in [6.45, 7) is 1.90. The lowest BCUT2D eigenvalue weighted by Crippen LogP contribution is -1.98. The van der Waals surface area contributed by atoms with Crippen molar-refractivity contribution in [1.82, 2.24) is 0 Å². The summed E-state index contributed by atoms with van der Waals surface area (Å²) in [5.41, 5.74) is 9.55. The van der Waals surface area contributed by atoms with Crippen LogP contribution in [0.15, 0.2) is 23.3 Å². The fraction of sp³-hybridized carbons (Fsp3) is 0.125. The van der Waals surface area contributed by atoms with Gasteiger partial charge < -0.3 is 0 Å². The van der Waals surface area contributed by atoms with E-state index in [-0.39, 0.29) is 0 Å². The Morgan fingerprint density at radius 3 is 2.92 bits per heavy atom. The second kappa shape index (κ2) is 4.25. The molecule has 0 aliphatic rings. The van der Waals surface area contributed by atoms with Crippen LogP contribution in [0.4, 0.5) is 0 Å². The predicted molar refractivity (Wildman–Crippen MR) is 57.4 cm³/mol. The zero-order chi connectivity index (χ0) is 9.84. The van der Waals surface area contributed by atoms with Crippen molar-refractivity contribution < 1.29 is 4.79 Å². The van der Waals surface area contributed by atoms with Crippen LogP contribution >= 0.6 is 22.6 Å². The molecule has 0 aromatic heterocycles. The van der Waals surface area contributed by atoms with Crippen molar-refractivity contribution in [2.24, 2.45) is 5.11 Å². The number of nitrogens with zero attached hydrogens (tertiary/aromatic N) is 3. The van der Waals surface area contributed by atoms with E-state index in [0.717, 1.165) is 9.13 Å². The number of rotatable bonds is 1. The number of amides is 1. The highest BCUT2D eigenvalue weighted by Crippen LogP contribution is 2.17. The summed E-state index contributed by atoms with van der Waals surface area (Å²) in [5.74, 6) is -0.532. The molecule has 0 aliphatic carbocycles. The third-order valence-corrected chi connectivity index (χ3v) is 2.99. The molecule has 0 saturated carbocycles. The van der Waals surface area contributed by atoms with Crippen molar-refractivity contribution in [1.29, 1.82) is 0 Å². The Labute approximate surface area is 88.7 Å². The minimum absolute atomic E-state index is 0.457. The van der Waals surface area contributed by atoms with E-state index < -0.39 is 5.91 Å². The zero-order valence-electron chi connectivity index (χ0n) is 6.86. The fourth-order valence-corrected chi connectivity index (χ4v) is 1.50. The Bertz CT molecular complexity index is 396. The van der Waals surface area contributed by atoms with Crippen molar-refractivity contribution in [3.05, 3.63) is 43.3 Å². The molecule has 0 atom stereocenters. The average Bonchev–Trinajstić information content (AvgIpc) is 2.10. The van der Waals surface area contributed by atoms with Gasteiger partial charge in [-0.3, -0.25) is 4.79 Å². The molecular weight excluding hydrogens is 281 g/mol. The van der Waals surface area contributed by atoms with Crippen molar-refractivity contribution in [3.63, 3.8) is 0 Å². The number of benzene rings is 1. The van der Waals surface area contributed by atoms with Crippen LogP contribution in [0.3, 0.4) is 0 Å². The maximum atomic E-state index is 11.2. The molecule has 0 heterocycles. The van der Waals surface area contributed by atoms with Gasteiger partial charge in [0.25, 0.3) is 0 Å². The molecule has 13 heavy (non-hydrogen) atoms. The number of carbonyl (C=O) groups is 1. The molecule has 4 nitrogen and oxygen atoms in total. The number of azide groups is 1. The Kier molecular flexibility index (Phi) is 3.27. The summed E-state index contributed by atoms with van der Waals surface area (Å²) in [4.78, 5) is 13.6. The van der Waals surface area contributed by atoms with Crippen LogP contribution in [-0.4, -0.2) is 5.91 Å². The van der Waals surface area contributed by atoms with Crippen LogP contribution in [0.2, 0.25) is 0 Å². The molecular formula is C8H6IN3O. The summed E-state index contributed by atoms with van der Waals surface area (Å²) in [6.07, 6.45) is 0. The smallest absolute Gasteiger partial charge is 0.250 e. The Morgan fingerprint density at radius 1 is 1.62 bits per heavy atom. The summed E-state index contributed by atoms with van der Waals surface area (Å²) in [5, 5.41) is 3.03. The molecule has 0 radical (unpaired) electrons. The molecule has 0 aliphatic heterocycles. The largest absolute Gasteiger partial charge is 0.287 e. The van der Waals surface area contributed by atoms with Crippen LogP contribution in [0.5, 0.6) is 0 Å². The quantitative estimate of drug-likeness (QED) is 0.339. The highest BCUT2D eigenvalue weighted by atomic mass is 127. The number of aryl methyl sites for hydroxylation is 1. The van der Waals surface area contributed by atoms with Gasteiger partial charge in [-0.05, 0) is 45.7 Å². The SMILES string of the molecule is Cc1cccc(C(=O)N=[N+]=[N-])c1I. The Balaban J connectivity index is 3.22. The fourth-order valence-electron chi connectivity index (χ4n) is 0.907. The molecule has 66 valence electrons. The summed E-state index contributed by atoms with van der Waals surface area (Å²) in [6, 6.07) is 5.30.